The van der Waals surface area contributed by atoms with Crippen LogP contribution in [0.15, 0.2) is 34.0 Å². The SMILES string of the molecule is O=c1c2c(nc3nc(NS(=O)(=O)c4ccc(Cl)cc4)[nH]n13)CCC2. The van der Waals surface area contributed by atoms with Gasteiger partial charge in [0.1, 0.15) is 0 Å². The molecule has 4 rings (SSSR count). The molecular formula is C14H12ClN5O3S. The maximum atomic E-state index is 12.4. The van der Waals surface area contributed by atoms with Gasteiger partial charge in [-0.3, -0.25) is 9.89 Å². The summed E-state index contributed by atoms with van der Waals surface area (Å²) < 4.78 is 28.2. The second-order valence-corrected chi connectivity index (χ2v) is 7.58. The van der Waals surface area contributed by atoms with Crippen molar-refractivity contribution < 1.29 is 8.42 Å². The maximum absolute atomic E-state index is 12.4. The van der Waals surface area contributed by atoms with Gasteiger partial charge in [0.15, 0.2) is 0 Å². The van der Waals surface area contributed by atoms with Crippen molar-refractivity contribution in [3.63, 3.8) is 0 Å². The molecular weight excluding hydrogens is 354 g/mol. The molecule has 10 heteroatoms. The third-order valence-electron chi connectivity index (χ3n) is 3.87. The van der Waals surface area contributed by atoms with E-state index in [0.29, 0.717) is 17.0 Å². The quantitative estimate of drug-likeness (QED) is 0.728. The van der Waals surface area contributed by atoms with E-state index in [1.54, 1.807) is 0 Å². The van der Waals surface area contributed by atoms with Gasteiger partial charge in [0.2, 0.25) is 5.95 Å². The molecule has 0 radical (unpaired) electrons. The molecule has 2 aromatic heterocycles. The number of aromatic amines is 1. The van der Waals surface area contributed by atoms with Crippen LogP contribution in [-0.4, -0.2) is 28.0 Å². The molecule has 0 saturated heterocycles. The lowest BCUT2D eigenvalue weighted by atomic mass is 10.3. The minimum absolute atomic E-state index is 0.0372. The van der Waals surface area contributed by atoms with Crippen LogP contribution >= 0.6 is 11.6 Å². The van der Waals surface area contributed by atoms with Crippen LogP contribution < -0.4 is 10.3 Å². The molecule has 2 N–H and O–H groups in total. The molecule has 124 valence electrons. The van der Waals surface area contributed by atoms with E-state index in [9.17, 15) is 13.2 Å². The van der Waals surface area contributed by atoms with Crippen LogP contribution in [0.25, 0.3) is 5.78 Å². The van der Waals surface area contributed by atoms with Crippen molar-refractivity contribution in [3.05, 3.63) is 50.9 Å². The van der Waals surface area contributed by atoms with Crippen LogP contribution in [0.2, 0.25) is 5.02 Å². The van der Waals surface area contributed by atoms with Crippen molar-refractivity contribution in [2.45, 2.75) is 24.2 Å². The number of aromatic nitrogens is 4. The zero-order chi connectivity index (χ0) is 16.9. The third kappa shape index (κ3) is 2.45. The number of sulfonamides is 1. The number of fused-ring (bicyclic) bond motifs is 2. The molecule has 1 aliphatic carbocycles. The topological polar surface area (TPSA) is 109 Å². The van der Waals surface area contributed by atoms with E-state index in [0.717, 1.165) is 23.1 Å². The number of hydrogen-bond acceptors (Lipinski definition) is 5. The Labute approximate surface area is 141 Å². The number of rotatable bonds is 3. The predicted molar refractivity (Wildman–Crippen MR) is 87.9 cm³/mol. The van der Waals surface area contributed by atoms with Gasteiger partial charge in [-0.15, -0.1) is 0 Å². The standard InChI is InChI=1S/C14H12ClN5O3S/c15-8-4-6-9(7-5-8)24(22,23)19-13-17-14-16-11-3-1-2-10(11)12(21)20(14)18-13/h4-7H,1-3H2,(H2,16,17,18,19). The van der Waals surface area contributed by atoms with E-state index in [1.807, 2.05) is 0 Å². The number of hydrogen-bond donors (Lipinski definition) is 2. The Balaban J connectivity index is 1.74. The summed E-state index contributed by atoms with van der Waals surface area (Å²) in [6.45, 7) is 0. The molecule has 3 aromatic rings. The Morgan fingerprint density at radius 3 is 2.67 bits per heavy atom. The van der Waals surface area contributed by atoms with E-state index in [1.165, 1.54) is 24.3 Å². The summed E-state index contributed by atoms with van der Waals surface area (Å²) in [7, 11) is -3.85. The van der Waals surface area contributed by atoms with E-state index in [2.05, 4.69) is 19.8 Å². The average molecular weight is 366 g/mol. The summed E-state index contributed by atoms with van der Waals surface area (Å²) in [5.74, 6) is 0.0766. The normalized spacial score (nSPS) is 14.0. The summed E-state index contributed by atoms with van der Waals surface area (Å²) in [5, 5.41) is 3.08. The molecule has 0 fully saturated rings. The van der Waals surface area contributed by atoms with Crippen LogP contribution in [-0.2, 0) is 22.9 Å². The fourth-order valence-corrected chi connectivity index (χ4v) is 3.81. The first-order chi connectivity index (χ1) is 11.4. The number of benzene rings is 1. The Morgan fingerprint density at radius 1 is 1.17 bits per heavy atom. The van der Waals surface area contributed by atoms with Crippen molar-refractivity contribution >= 4 is 33.4 Å². The van der Waals surface area contributed by atoms with Crippen molar-refractivity contribution in [2.24, 2.45) is 0 Å². The molecule has 0 aliphatic heterocycles. The van der Waals surface area contributed by atoms with Gasteiger partial charge in [-0.05, 0) is 43.5 Å². The molecule has 1 aliphatic rings. The summed E-state index contributed by atoms with van der Waals surface area (Å²) in [5.41, 5.74) is 1.15. The Bertz CT molecular complexity index is 1100. The van der Waals surface area contributed by atoms with E-state index < -0.39 is 10.0 Å². The Kier molecular flexibility index (Phi) is 3.36. The van der Waals surface area contributed by atoms with E-state index in [4.69, 9.17) is 11.6 Å². The lowest BCUT2D eigenvalue weighted by molar-refractivity contribution is 0.601. The van der Waals surface area contributed by atoms with Crippen LogP contribution in [0.5, 0.6) is 0 Å². The summed E-state index contributed by atoms with van der Waals surface area (Å²) in [6.07, 6.45) is 2.30. The van der Waals surface area contributed by atoms with Gasteiger partial charge in [-0.1, -0.05) is 11.6 Å². The molecule has 0 amide bonds. The minimum Gasteiger partial charge on any atom is -0.267 e. The van der Waals surface area contributed by atoms with Crippen LogP contribution in [0, 0.1) is 0 Å². The van der Waals surface area contributed by atoms with Crippen LogP contribution in [0.4, 0.5) is 5.95 Å². The molecule has 0 saturated carbocycles. The highest BCUT2D eigenvalue weighted by Crippen LogP contribution is 2.19. The van der Waals surface area contributed by atoms with Crippen molar-refractivity contribution in [1.29, 1.82) is 0 Å². The smallest absolute Gasteiger partial charge is 0.267 e. The summed E-state index contributed by atoms with van der Waals surface area (Å²) in [6, 6.07) is 5.72. The fraction of sp³-hybridized carbons (Fsp3) is 0.214. The van der Waals surface area contributed by atoms with Crippen molar-refractivity contribution in [2.75, 3.05) is 4.72 Å². The van der Waals surface area contributed by atoms with Gasteiger partial charge < -0.3 is 0 Å². The molecule has 0 atom stereocenters. The zero-order valence-electron chi connectivity index (χ0n) is 12.3. The largest absolute Gasteiger partial charge is 0.277 e. The molecule has 0 bridgehead atoms. The number of nitrogens with one attached hydrogen (secondary N) is 2. The van der Waals surface area contributed by atoms with Gasteiger partial charge in [-0.2, -0.15) is 9.50 Å². The number of H-pyrrole nitrogens is 1. The first-order valence-electron chi connectivity index (χ1n) is 7.23. The molecule has 2 heterocycles. The van der Waals surface area contributed by atoms with Crippen LogP contribution in [0.3, 0.4) is 0 Å². The average Bonchev–Trinajstić information content (AvgIpc) is 3.14. The lowest BCUT2D eigenvalue weighted by Crippen LogP contribution is -2.20. The number of nitrogens with zero attached hydrogens (tertiary/aromatic N) is 3. The number of aryl methyl sites for hydroxylation is 1. The zero-order valence-corrected chi connectivity index (χ0v) is 13.9. The second-order valence-electron chi connectivity index (χ2n) is 5.46. The molecule has 24 heavy (non-hydrogen) atoms. The number of halogens is 1. The monoisotopic (exact) mass is 365 g/mol. The highest BCUT2D eigenvalue weighted by Gasteiger charge is 2.21. The highest BCUT2D eigenvalue weighted by molar-refractivity contribution is 7.92. The molecule has 8 nitrogen and oxygen atoms in total. The van der Waals surface area contributed by atoms with E-state index >= 15 is 0 Å². The minimum atomic E-state index is -3.85. The van der Waals surface area contributed by atoms with Gasteiger partial charge in [0.25, 0.3) is 21.4 Å². The first kappa shape index (κ1) is 15.2. The second kappa shape index (κ2) is 5.32. The molecule has 0 spiro atoms. The van der Waals surface area contributed by atoms with Gasteiger partial charge >= 0.3 is 0 Å². The summed E-state index contributed by atoms with van der Waals surface area (Å²) in [4.78, 5) is 20.8. The molecule has 1 aromatic carbocycles. The number of anilines is 1. The van der Waals surface area contributed by atoms with Crippen molar-refractivity contribution in [1.82, 2.24) is 19.6 Å². The maximum Gasteiger partial charge on any atom is 0.277 e. The van der Waals surface area contributed by atoms with E-state index in [-0.39, 0.29) is 22.2 Å². The lowest BCUT2D eigenvalue weighted by Gasteiger charge is -2.04. The van der Waals surface area contributed by atoms with Gasteiger partial charge in [-0.25, -0.2) is 18.1 Å². The van der Waals surface area contributed by atoms with Crippen LogP contribution in [0.1, 0.15) is 17.7 Å². The third-order valence-corrected chi connectivity index (χ3v) is 5.48. The predicted octanol–water partition coefficient (Wildman–Crippen LogP) is 1.36. The van der Waals surface area contributed by atoms with Crippen molar-refractivity contribution in [3.8, 4) is 0 Å². The molecule has 0 unspecified atom stereocenters. The highest BCUT2D eigenvalue weighted by atomic mass is 35.5. The van der Waals surface area contributed by atoms with Gasteiger partial charge in [0, 0.05) is 10.6 Å². The fourth-order valence-electron chi connectivity index (χ4n) is 2.73. The summed E-state index contributed by atoms with van der Waals surface area (Å²) >= 11 is 5.76. The first-order valence-corrected chi connectivity index (χ1v) is 9.09. The van der Waals surface area contributed by atoms with Gasteiger partial charge in [0.05, 0.1) is 10.6 Å². The Morgan fingerprint density at radius 2 is 1.92 bits per heavy atom. The Hall–Kier alpha value is -2.39.